The second-order valence-electron chi connectivity index (χ2n) is 6.29. The van der Waals surface area contributed by atoms with Crippen LogP contribution in [0.5, 0.6) is 17.2 Å². The monoisotopic (exact) mass is 437 g/mol. The third kappa shape index (κ3) is 4.33. The highest BCUT2D eigenvalue weighted by Gasteiger charge is 2.33. The van der Waals surface area contributed by atoms with E-state index < -0.39 is 21.8 Å². The highest BCUT2D eigenvalue weighted by Crippen LogP contribution is 2.39. The number of ether oxygens (including phenoxy) is 3. The van der Waals surface area contributed by atoms with E-state index in [1.807, 2.05) is 0 Å². The molecular formula is C20H20ClNO6S. The lowest BCUT2D eigenvalue weighted by atomic mass is 10.1. The number of carbonyl (C=O) groups excluding carboxylic acids is 1. The van der Waals surface area contributed by atoms with Gasteiger partial charge in [-0.15, -0.1) is 0 Å². The Balaban J connectivity index is 2.10. The van der Waals surface area contributed by atoms with Gasteiger partial charge < -0.3 is 19.1 Å². The van der Waals surface area contributed by atoms with Crippen molar-refractivity contribution in [1.82, 2.24) is 0 Å². The van der Waals surface area contributed by atoms with Crippen LogP contribution in [0.1, 0.15) is 10.4 Å². The molecule has 0 N–H and O–H groups in total. The molecule has 1 amide bonds. The van der Waals surface area contributed by atoms with Gasteiger partial charge in [-0.2, -0.15) is 0 Å². The zero-order valence-electron chi connectivity index (χ0n) is 16.1. The van der Waals surface area contributed by atoms with Crippen LogP contribution in [-0.4, -0.2) is 47.4 Å². The first kappa shape index (κ1) is 21.0. The van der Waals surface area contributed by atoms with Crippen molar-refractivity contribution in [1.29, 1.82) is 0 Å². The molecule has 154 valence electrons. The van der Waals surface area contributed by atoms with Crippen molar-refractivity contribution in [2.75, 3.05) is 32.0 Å². The topological polar surface area (TPSA) is 82.1 Å². The van der Waals surface area contributed by atoms with Crippen molar-refractivity contribution in [3.8, 4) is 17.2 Å². The molecule has 0 saturated carbocycles. The molecule has 0 fully saturated rings. The minimum absolute atomic E-state index is 0.203. The molecule has 0 bridgehead atoms. The second-order valence-corrected chi connectivity index (χ2v) is 8.66. The van der Waals surface area contributed by atoms with Crippen LogP contribution in [0.4, 0.5) is 5.69 Å². The molecular weight excluding hydrogens is 418 g/mol. The summed E-state index contributed by atoms with van der Waals surface area (Å²) in [6, 6.07) is 9.00. The predicted molar refractivity (Wildman–Crippen MR) is 111 cm³/mol. The zero-order valence-corrected chi connectivity index (χ0v) is 17.7. The summed E-state index contributed by atoms with van der Waals surface area (Å²) in [5.74, 6) is 0.374. The van der Waals surface area contributed by atoms with Crippen LogP contribution in [-0.2, 0) is 9.84 Å². The van der Waals surface area contributed by atoms with Crippen molar-refractivity contribution < 1.29 is 27.4 Å². The molecule has 0 saturated heterocycles. The molecule has 7 nitrogen and oxygen atoms in total. The van der Waals surface area contributed by atoms with Gasteiger partial charge in [0.15, 0.2) is 21.3 Å². The van der Waals surface area contributed by atoms with Crippen molar-refractivity contribution in [3.05, 3.63) is 58.5 Å². The molecule has 1 atom stereocenters. The number of amides is 1. The third-order valence-electron chi connectivity index (χ3n) is 4.48. The van der Waals surface area contributed by atoms with Gasteiger partial charge in [-0.3, -0.25) is 4.79 Å². The number of benzene rings is 2. The van der Waals surface area contributed by atoms with Crippen LogP contribution < -0.4 is 19.1 Å². The second kappa shape index (κ2) is 8.34. The van der Waals surface area contributed by atoms with Crippen molar-refractivity contribution >= 4 is 33.0 Å². The maximum absolute atomic E-state index is 13.5. The quantitative estimate of drug-likeness (QED) is 0.689. The van der Waals surface area contributed by atoms with E-state index in [0.717, 1.165) is 5.41 Å². The van der Waals surface area contributed by atoms with Gasteiger partial charge in [-0.1, -0.05) is 11.6 Å². The lowest BCUT2D eigenvalue weighted by molar-refractivity contribution is 0.0982. The van der Waals surface area contributed by atoms with E-state index in [0.29, 0.717) is 28.0 Å². The van der Waals surface area contributed by atoms with Gasteiger partial charge in [0.05, 0.1) is 33.1 Å². The van der Waals surface area contributed by atoms with Crippen molar-refractivity contribution in [2.45, 2.75) is 6.04 Å². The number of anilines is 1. The van der Waals surface area contributed by atoms with Gasteiger partial charge in [0, 0.05) is 21.7 Å². The Morgan fingerprint density at radius 2 is 1.62 bits per heavy atom. The Hall–Kier alpha value is -2.71. The van der Waals surface area contributed by atoms with Crippen molar-refractivity contribution in [2.24, 2.45) is 0 Å². The van der Waals surface area contributed by atoms with Crippen LogP contribution in [0.15, 0.2) is 47.9 Å². The molecule has 29 heavy (non-hydrogen) atoms. The zero-order chi connectivity index (χ0) is 21.2. The van der Waals surface area contributed by atoms with E-state index in [1.54, 1.807) is 24.3 Å². The minimum atomic E-state index is -3.38. The summed E-state index contributed by atoms with van der Waals surface area (Å²) in [6.07, 6.45) is 1.50. The Kier molecular flexibility index (Phi) is 6.04. The van der Waals surface area contributed by atoms with Gasteiger partial charge in [0.1, 0.15) is 0 Å². The van der Waals surface area contributed by atoms with Gasteiger partial charge >= 0.3 is 0 Å². The Morgan fingerprint density at radius 1 is 1.03 bits per heavy atom. The molecule has 0 aromatic heterocycles. The Morgan fingerprint density at radius 3 is 2.07 bits per heavy atom. The molecule has 2 aromatic rings. The summed E-state index contributed by atoms with van der Waals surface area (Å²) in [5.41, 5.74) is 0.770. The summed E-state index contributed by atoms with van der Waals surface area (Å²) in [6.45, 7) is 0. The normalized spacial score (nSPS) is 17.0. The minimum Gasteiger partial charge on any atom is -0.493 e. The maximum atomic E-state index is 13.5. The fourth-order valence-corrected chi connectivity index (χ4v) is 4.52. The first-order valence-corrected chi connectivity index (χ1v) is 10.7. The fraction of sp³-hybridized carbons (Fsp3) is 0.250. The van der Waals surface area contributed by atoms with E-state index in [-0.39, 0.29) is 11.3 Å². The van der Waals surface area contributed by atoms with Gasteiger partial charge in [-0.25, -0.2) is 8.42 Å². The summed E-state index contributed by atoms with van der Waals surface area (Å²) < 4.78 is 39.9. The number of methoxy groups -OCH3 is 3. The first-order valence-electron chi connectivity index (χ1n) is 8.59. The smallest absolute Gasteiger partial charge is 0.259 e. The summed E-state index contributed by atoms with van der Waals surface area (Å²) >= 11 is 5.97. The predicted octanol–water partition coefficient (Wildman–Crippen LogP) is 3.32. The number of rotatable bonds is 6. The van der Waals surface area contributed by atoms with Gasteiger partial charge in [0.25, 0.3) is 5.91 Å². The number of sulfone groups is 1. The summed E-state index contributed by atoms with van der Waals surface area (Å²) in [7, 11) is 0.996. The van der Waals surface area contributed by atoms with Crippen LogP contribution in [0, 0.1) is 0 Å². The molecule has 0 aliphatic carbocycles. The van der Waals surface area contributed by atoms with Gasteiger partial charge in [-0.05, 0) is 42.5 Å². The molecule has 0 spiro atoms. The van der Waals surface area contributed by atoms with Crippen LogP contribution in [0.3, 0.4) is 0 Å². The van der Waals surface area contributed by atoms with E-state index in [1.165, 1.54) is 44.4 Å². The van der Waals surface area contributed by atoms with E-state index in [2.05, 4.69) is 0 Å². The average molecular weight is 438 g/mol. The highest BCUT2D eigenvalue weighted by atomic mass is 35.5. The summed E-state index contributed by atoms with van der Waals surface area (Å²) in [5, 5.41) is 1.63. The standard InChI is InChI=1S/C20H20ClNO6S/c1-26-17-10-13(11-18(27-2)19(17)28-3)20(23)22(15-6-4-14(21)5-7-15)16-8-9-29(24,25)12-16/h4-11,16H,12H2,1-3H3/t16-/m0/s1. The lowest BCUT2D eigenvalue weighted by Crippen LogP contribution is -2.41. The molecule has 9 heteroatoms. The third-order valence-corrected chi connectivity index (χ3v) is 6.11. The molecule has 0 unspecified atom stereocenters. The average Bonchev–Trinajstić information content (AvgIpc) is 3.07. The number of hydrogen-bond acceptors (Lipinski definition) is 6. The van der Waals surface area contributed by atoms with Crippen molar-refractivity contribution in [3.63, 3.8) is 0 Å². The Bertz CT molecular complexity index is 1020. The fourth-order valence-electron chi connectivity index (χ4n) is 3.12. The largest absolute Gasteiger partial charge is 0.493 e. The molecule has 1 aliphatic rings. The van der Waals surface area contributed by atoms with E-state index in [4.69, 9.17) is 25.8 Å². The number of carbonyl (C=O) groups is 1. The molecule has 1 aliphatic heterocycles. The number of nitrogens with zero attached hydrogens (tertiary/aromatic N) is 1. The van der Waals surface area contributed by atoms with Crippen LogP contribution in [0.2, 0.25) is 5.02 Å². The SMILES string of the molecule is COc1cc(C(=O)N(c2ccc(Cl)cc2)[C@H]2C=CS(=O)(=O)C2)cc(OC)c1OC. The molecule has 1 heterocycles. The van der Waals surface area contributed by atoms with E-state index in [9.17, 15) is 13.2 Å². The Labute approximate surface area is 174 Å². The molecule has 2 aromatic carbocycles. The van der Waals surface area contributed by atoms with Crippen LogP contribution in [0.25, 0.3) is 0 Å². The highest BCUT2D eigenvalue weighted by molar-refractivity contribution is 7.94. The first-order chi connectivity index (χ1) is 13.8. The number of hydrogen-bond donors (Lipinski definition) is 0. The number of halogens is 1. The van der Waals surface area contributed by atoms with E-state index >= 15 is 0 Å². The molecule has 3 rings (SSSR count). The van der Waals surface area contributed by atoms with Crippen LogP contribution >= 0.6 is 11.6 Å². The maximum Gasteiger partial charge on any atom is 0.259 e. The summed E-state index contributed by atoms with van der Waals surface area (Å²) in [4.78, 5) is 14.9. The lowest BCUT2D eigenvalue weighted by Gasteiger charge is -2.28. The van der Waals surface area contributed by atoms with Gasteiger partial charge in [0.2, 0.25) is 5.75 Å². The molecule has 0 radical (unpaired) electrons.